The van der Waals surface area contributed by atoms with Crippen LogP contribution in [0.4, 0.5) is 0 Å². The topological polar surface area (TPSA) is 18.5 Å². The Labute approximate surface area is 281 Å². The molecule has 0 fully saturated rings. The molecule has 0 saturated carbocycles. The highest BCUT2D eigenvalue weighted by Crippen LogP contribution is 2.54. The summed E-state index contributed by atoms with van der Waals surface area (Å²) >= 11 is 0. The first-order chi connectivity index (χ1) is 23.6. The summed E-state index contributed by atoms with van der Waals surface area (Å²) in [6.07, 6.45) is 0.994. The van der Waals surface area contributed by atoms with Crippen LogP contribution in [0.5, 0.6) is 11.5 Å². The highest BCUT2D eigenvalue weighted by Gasteiger charge is 2.38. The third-order valence-corrected chi connectivity index (χ3v) is 11.0. The third kappa shape index (κ3) is 3.86. The molecule has 0 N–H and O–H groups in total. The summed E-state index contributed by atoms with van der Waals surface area (Å²) < 4.78 is 12.0. The Morgan fingerprint density at radius 1 is 0.438 bits per heavy atom. The Morgan fingerprint density at radius 3 is 1.04 bits per heavy atom. The summed E-state index contributed by atoms with van der Waals surface area (Å²) in [7, 11) is 3.55. The highest BCUT2D eigenvalue weighted by molar-refractivity contribution is 6.18. The fourth-order valence-electron chi connectivity index (χ4n) is 8.55. The van der Waals surface area contributed by atoms with E-state index < -0.39 is 0 Å². The molecule has 0 bridgehead atoms. The van der Waals surface area contributed by atoms with Crippen LogP contribution in [0.15, 0.2) is 133 Å². The Balaban J connectivity index is 1.27. The number of hydrogen-bond donors (Lipinski definition) is 0. The van der Waals surface area contributed by atoms with Gasteiger partial charge in [0.15, 0.2) is 0 Å². The van der Waals surface area contributed by atoms with Gasteiger partial charge in [-0.1, -0.05) is 135 Å². The molecule has 0 atom stereocenters. The van der Waals surface area contributed by atoms with Gasteiger partial charge in [0, 0.05) is 27.0 Å². The summed E-state index contributed by atoms with van der Waals surface area (Å²) in [5.41, 5.74) is 10.3. The average Bonchev–Trinajstić information content (AvgIpc) is 3.39. The number of ether oxygens (including phenoxy) is 2. The fourth-order valence-corrected chi connectivity index (χ4v) is 8.55. The first-order valence-electron chi connectivity index (χ1n) is 16.8. The Bertz CT molecular complexity index is 2300. The zero-order valence-corrected chi connectivity index (χ0v) is 27.7. The van der Waals surface area contributed by atoms with Gasteiger partial charge in [0.05, 0.1) is 14.2 Å². The molecule has 1 aliphatic carbocycles. The van der Waals surface area contributed by atoms with Crippen LogP contribution in [0, 0.1) is 0 Å². The van der Waals surface area contributed by atoms with Gasteiger partial charge in [-0.05, 0) is 84.6 Å². The van der Waals surface area contributed by atoms with E-state index in [0.717, 1.165) is 39.5 Å². The molecule has 2 nitrogen and oxygen atoms in total. The maximum absolute atomic E-state index is 6.01. The van der Waals surface area contributed by atoms with E-state index in [4.69, 9.17) is 9.47 Å². The number of hydrogen-bond acceptors (Lipinski definition) is 2. The lowest BCUT2D eigenvalue weighted by atomic mass is 9.76. The quantitative estimate of drug-likeness (QED) is 0.178. The summed E-state index contributed by atoms with van der Waals surface area (Å²) in [5, 5.41) is 9.39. The van der Waals surface area contributed by atoms with Crippen molar-refractivity contribution in [1.29, 1.82) is 0 Å². The minimum atomic E-state index is -0.146. The van der Waals surface area contributed by atoms with Crippen LogP contribution in [0.2, 0.25) is 0 Å². The maximum Gasteiger partial charge on any atom is 0.134 e. The second-order valence-corrected chi connectivity index (χ2v) is 13.2. The van der Waals surface area contributed by atoms with Gasteiger partial charge in [0.1, 0.15) is 11.5 Å². The van der Waals surface area contributed by atoms with Crippen LogP contribution in [-0.2, 0) is 5.41 Å². The van der Waals surface area contributed by atoms with Crippen molar-refractivity contribution in [2.75, 3.05) is 14.2 Å². The molecular weight excluding hydrogens is 585 g/mol. The minimum Gasteiger partial charge on any atom is -0.495 e. The minimum absolute atomic E-state index is 0.146. The first kappa shape index (κ1) is 28.6. The second kappa shape index (κ2) is 10.7. The molecule has 0 aromatic heterocycles. The summed E-state index contributed by atoms with van der Waals surface area (Å²) in [6, 6.07) is 48.9. The van der Waals surface area contributed by atoms with Crippen molar-refractivity contribution < 1.29 is 9.47 Å². The Kier molecular flexibility index (Phi) is 6.39. The molecule has 0 amide bonds. The molecule has 8 aromatic rings. The van der Waals surface area contributed by atoms with E-state index in [-0.39, 0.29) is 5.41 Å². The van der Waals surface area contributed by atoms with Gasteiger partial charge in [0.2, 0.25) is 0 Å². The van der Waals surface area contributed by atoms with E-state index in [1.54, 1.807) is 14.2 Å². The molecule has 0 radical (unpaired) electrons. The van der Waals surface area contributed by atoms with Gasteiger partial charge in [-0.15, -0.1) is 0 Å². The molecule has 48 heavy (non-hydrogen) atoms. The standard InChI is InChI=1S/C46H36O2/c1-5-46(2)40-26-28(42-32-14-6-10-18-36(32)44(47-3)37-19-11-7-15-33(37)42)22-24-30(40)31-25-23-29(27-41(31)46)43-34-16-8-12-20-38(34)45(48-4)39-21-13-9-17-35(39)43/h6-27H,5H2,1-4H3. The van der Waals surface area contributed by atoms with Gasteiger partial charge >= 0.3 is 0 Å². The summed E-state index contributed by atoms with van der Waals surface area (Å²) in [6.45, 7) is 4.76. The maximum atomic E-state index is 6.01. The first-order valence-corrected chi connectivity index (χ1v) is 16.8. The largest absolute Gasteiger partial charge is 0.495 e. The van der Waals surface area contributed by atoms with Crippen molar-refractivity contribution in [3.05, 3.63) is 145 Å². The Hall–Kier alpha value is -5.60. The lowest BCUT2D eigenvalue weighted by molar-refractivity contribution is 0.424. The van der Waals surface area contributed by atoms with Crippen molar-refractivity contribution in [2.45, 2.75) is 25.7 Å². The SMILES string of the molecule is CCC1(C)c2cc(-c3c4ccccc4c(OC)c4ccccc34)ccc2-c2ccc(-c3c4ccccc4c(OC)c4ccccc34)cc21. The van der Waals surface area contributed by atoms with Crippen LogP contribution in [-0.4, -0.2) is 14.2 Å². The average molecular weight is 621 g/mol. The van der Waals surface area contributed by atoms with E-state index >= 15 is 0 Å². The smallest absolute Gasteiger partial charge is 0.134 e. The monoisotopic (exact) mass is 620 g/mol. The third-order valence-electron chi connectivity index (χ3n) is 11.0. The predicted octanol–water partition coefficient (Wildman–Crippen LogP) is 12.3. The molecular formula is C46H36O2. The Morgan fingerprint density at radius 2 is 0.750 bits per heavy atom. The predicted molar refractivity (Wildman–Crippen MR) is 203 cm³/mol. The molecule has 1 aliphatic rings. The molecule has 0 unspecified atom stereocenters. The van der Waals surface area contributed by atoms with Gasteiger partial charge < -0.3 is 9.47 Å². The van der Waals surface area contributed by atoms with Gasteiger partial charge in [-0.3, -0.25) is 0 Å². The summed E-state index contributed by atoms with van der Waals surface area (Å²) in [4.78, 5) is 0. The summed E-state index contributed by atoms with van der Waals surface area (Å²) in [5.74, 6) is 1.87. The number of methoxy groups -OCH3 is 2. The molecule has 8 aromatic carbocycles. The van der Waals surface area contributed by atoms with E-state index in [1.807, 2.05) is 0 Å². The molecule has 0 spiro atoms. The van der Waals surface area contributed by atoms with Crippen LogP contribution in [0.3, 0.4) is 0 Å². The van der Waals surface area contributed by atoms with Crippen LogP contribution >= 0.6 is 0 Å². The normalized spacial score (nSPS) is 13.2. The second-order valence-electron chi connectivity index (χ2n) is 13.2. The molecule has 0 saturated heterocycles. The van der Waals surface area contributed by atoms with Crippen molar-refractivity contribution in [3.8, 4) is 44.9 Å². The van der Waals surface area contributed by atoms with Crippen LogP contribution in [0.1, 0.15) is 31.4 Å². The van der Waals surface area contributed by atoms with Crippen molar-refractivity contribution >= 4 is 43.1 Å². The molecule has 9 rings (SSSR count). The van der Waals surface area contributed by atoms with Crippen LogP contribution in [0.25, 0.3) is 76.5 Å². The zero-order chi connectivity index (χ0) is 32.6. The van der Waals surface area contributed by atoms with Gasteiger partial charge in [0.25, 0.3) is 0 Å². The highest BCUT2D eigenvalue weighted by atomic mass is 16.5. The zero-order valence-electron chi connectivity index (χ0n) is 27.7. The van der Waals surface area contributed by atoms with Gasteiger partial charge in [-0.25, -0.2) is 0 Å². The fraction of sp³-hybridized carbons (Fsp3) is 0.130. The molecule has 232 valence electrons. The van der Waals surface area contributed by atoms with E-state index in [0.29, 0.717) is 0 Å². The van der Waals surface area contributed by atoms with Crippen molar-refractivity contribution in [2.24, 2.45) is 0 Å². The van der Waals surface area contributed by atoms with E-state index in [1.165, 1.54) is 66.1 Å². The molecule has 0 heterocycles. The van der Waals surface area contributed by atoms with E-state index in [9.17, 15) is 0 Å². The molecule has 0 aliphatic heterocycles. The molecule has 2 heteroatoms. The number of rotatable bonds is 5. The van der Waals surface area contributed by atoms with Crippen molar-refractivity contribution in [3.63, 3.8) is 0 Å². The van der Waals surface area contributed by atoms with Crippen molar-refractivity contribution in [1.82, 2.24) is 0 Å². The van der Waals surface area contributed by atoms with E-state index in [2.05, 4.69) is 147 Å². The number of fused-ring (bicyclic) bond motifs is 7. The lowest BCUT2D eigenvalue weighted by Crippen LogP contribution is -2.19. The van der Waals surface area contributed by atoms with Crippen LogP contribution < -0.4 is 9.47 Å². The van der Waals surface area contributed by atoms with Gasteiger partial charge in [-0.2, -0.15) is 0 Å². The number of benzene rings is 8. The lowest BCUT2D eigenvalue weighted by Gasteiger charge is -2.27.